The van der Waals surface area contributed by atoms with E-state index in [4.69, 9.17) is 0 Å². The molecule has 0 amide bonds. The van der Waals surface area contributed by atoms with Gasteiger partial charge in [0, 0.05) is 5.75 Å². The van der Waals surface area contributed by atoms with E-state index in [1.54, 1.807) is 6.92 Å². The van der Waals surface area contributed by atoms with Crippen molar-refractivity contribution in [2.45, 2.75) is 19.1 Å². The Balaban J connectivity index is 3.33. The lowest BCUT2D eigenvalue weighted by molar-refractivity contribution is 0.244. The molecule has 0 aliphatic carbocycles. The van der Waals surface area contributed by atoms with Gasteiger partial charge >= 0.3 is 5.76 Å². The molecular formula is C4H8F2OS. The minimum Gasteiger partial charge on any atom is -0.254 e. The van der Waals surface area contributed by atoms with E-state index in [1.807, 2.05) is 0 Å². The van der Waals surface area contributed by atoms with Gasteiger partial charge in [-0.3, -0.25) is 4.21 Å². The topological polar surface area (TPSA) is 17.1 Å². The number of hydrogen-bond acceptors (Lipinski definition) is 1. The molecule has 0 aliphatic rings. The molecule has 0 aromatic carbocycles. The third-order valence-corrected chi connectivity index (χ3v) is 1.81. The van der Waals surface area contributed by atoms with Crippen molar-refractivity contribution in [2.24, 2.45) is 0 Å². The van der Waals surface area contributed by atoms with Crippen LogP contribution in [0.5, 0.6) is 0 Å². The van der Waals surface area contributed by atoms with Gasteiger partial charge in [0.25, 0.3) is 0 Å². The van der Waals surface area contributed by atoms with Crippen molar-refractivity contribution in [1.29, 1.82) is 0 Å². The lowest BCUT2D eigenvalue weighted by atomic mass is 10.6. The zero-order chi connectivity index (χ0) is 6.57. The first-order valence-corrected chi connectivity index (χ1v) is 3.72. The zero-order valence-corrected chi connectivity index (χ0v) is 5.38. The van der Waals surface area contributed by atoms with E-state index in [0.717, 1.165) is 0 Å². The van der Waals surface area contributed by atoms with E-state index >= 15 is 0 Å². The molecular weight excluding hydrogens is 134 g/mol. The van der Waals surface area contributed by atoms with Gasteiger partial charge in [0.05, 0.1) is 10.8 Å². The molecule has 0 aromatic rings. The van der Waals surface area contributed by atoms with E-state index in [9.17, 15) is 13.0 Å². The van der Waals surface area contributed by atoms with E-state index in [-0.39, 0.29) is 5.75 Å². The van der Waals surface area contributed by atoms with Gasteiger partial charge in [-0.15, -0.1) is 0 Å². The van der Waals surface area contributed by atoms with Gasteiger partial charge in [-0.2, -0.15) is 8.78 Å². The molecule has 0 saturated carbocycles. The summed E-state index contributed by atoms with van der Waals surface area (Å²) in [6.07, 6.45) is 0.553. The highest BCUT2D eigenvalue weighted by molar-refractivity contribution is 7.85. The molecule has 1 atom stereocenters. The van der Waals surface area contributed by atoms with Crippen LogP contribution < -0.4 is 0 Å². The van der Waals surface area contributed by atoms with E-state index in [0.29, 0.717) is 6.42 Å². The first-order valence-electron chi connectivity index (χ1n) is 2.33. The number of alkyl halides is 2. The van der Waals surface area contributed by atoms with Gasteiger partial charge in [0.15, 0.2) is 0 Å². The SMILES string of the molecule is CCCS(=O)C(F)F. The van der Waals surface area contributed by atoms with E-state index in [2.05, 4.69) is 0 Å². The van der Waals surface area contributed by atoms with Crippen LogP contribution in [0.3, 0.4) is 0 Å². The fourth-order valence-corrected chi connectivity index (χ4v) is 0.871. The number of hydrogen-bond donors (Lipinski definition) is 0. The van der Waals surface area contributed by atoms with Gasteiger partial charge < -0.3 is 0 Å². The van der Waals surface area contributed by atoms with Crippen molar-refractivity contribution in [1.82, 2.24) is 0 Å². The van der Waals surface area contributed by atoms with Crippen molar-refractivity contribution in [3.05, 3.63) is 0 Å². The van der Waals surface area contributed by atoms with Gasteiger partial charge in [0.1, 0.15) is 0 Å². The number of halogens is 2. The molecule has 0 bridgehead atoms. The Morgan fingerprint density at radius 1 is 1.62 bits per heavy atom. The molecule has 0 saturated heterocycles. The van der Waals surface area contributed by atoms with Crippen LogP contribution in [0.25, 0.3) is 0 Å². The lowest BCUT2D eigenvalue weighted by Gasteiger charge is -1.93. The Labute approximate surface area is 49.5 Å². The van der Waals surface area contributed by atoms with Crippen LogP contribution in [0.4, 0.5) is 8.78 Å². The summed E-state index contributed by atoms with van der Waals surface area (Å²) in [5.41, 5.74) is 0. The Morgan fingerprint density at radius 3 is 2.25 bits per heavy atom. The lowest BCUT2D eigenvalue weighted by Crippen LogP contribution is -2.05. The zero-order valence-electron chi connectivity index (χ0n) is 4.56. The standard InChI is InChI=1S/C4H8F2OS/c1-2-3-8(7)4(5)6/h4H,2-3H2,1H3. The normalized spacial score (nSPS) is 14.5. The summed E-state index contributed by atoms with van der Waals surface area (Å²) in [7, 11) is -1.91. The monoisotopic (exact) mass is 142 g/mol. The molecule has 4 heteroatoms. The van der Waals surface area contributed by atoms with Crippen LogP contribution in [-0.4, -0.2) is 15.7 Å². The van der Waals surface area contributed by atoms with Crippen molar-refractivity contribution in [2.75, 3.05) is 5.75 Å². The maximum atomic E-state index is 11.3. The summed E-state index contributed by atoms with van der Waals surface area (Å²) in [6.45, 7) is 1.72. The van der Waals surface area contributed by atoms with Crippen molar-refractivity contribution in [3.63, 3.8) is 0 Å². The van der Waals surface area contributed by atoms with E-state index < -0.39 is 16.6 Å². The molecule has 50 valence electrons. The summed E-state index contributed by atoms with van der Waals surface area (Å²) in [5.74, 6) is -2.55. The van der Waals surface area contributed by atoms with Crippen LogP contribution in [0.1, 0.15) is 13.3 Å². The maximum absolute atomic E-state index is 11.3. The minimum atomic E-state index is -2.66. The average Bonchev–Trinajstić information content (AvgIpc) is 1.67. The Morgan fingerprint density at radius 2 is 2.12 bits per heavy atom. The van der Waals surface area contributed by atoms with Crippen LogP contribution in [0, 0.1) is 0 Å². The Kier molecular flexibility index (Phi) is 3.95. The smallest absolute Gasteiger partial charge is 0.254 e. The third kappa shape index (κ3) is 3.07. The fraction of sp³-hybridized carbons (Fsp3) is 1.00. The van der Waals surface area contributed by atoms with Crippen molar-refractivity contribution < 1.29 is 13.0 Å². The molecule has 1 nitrogen and oxygen atoms in total. The molecule has 0 aromatic heterocycles. The average molecular weight is 142 g/mol. The predicted molar refractivity (Wildman–Crippen MR) is 29.3 cm³/mol. The maximum Gasteiger partial charge on any atom is 0.311 e. The quantitative estimate of drug-likeness (QED) is 0.581. The highest BCUT2D eigenvalue weighted by atomic mass is 32.2. The molecule has 0 N–H and O–H groups in total. The van der Waals surface area contributed by atoms with Crippen molar-refractivity contribution in [3.8, 4) is 0 Å². The molecule has 0 spiro atoms. The van der Waals surface area contributed by atoms with Crippen LogP contribution in [-0.2, 0) is 10.8 Å². The first-order chi connectivity index (χ1) is 3.68. The van der Waals surface area contributed by atoms with Gasteiger partial charge in [-0.05, 0) is 6.42 Å². The highest BCUT2D eigenvalue weighted by Gasteiger charge is 2.09. The Hall–Kier alpha value is 0.01000. The van der Waals surface area contributed by atoms with Crippen molar-refractivity contribution >= 4 is 10.8 Å². The number of rotatable bonds is 3. The first kappa shape index (κ1) is 8.01. The molecule has 0 aliphatic heterocycles. The molecule has 1 unspecified atom stereocenters. The molecule has 0 radical (unpaired) electrons. The molecule has 0 rings (SSSR count). The largest absolute Gasteiger partial charge is 0.311 e. The third-order valence-electron chi connectivity index (χ3n) is 0.604. The summed E-state index contributed by atoms with van der Waals surface area (Å²) in [6, 6.07) is 0. The summed E-state index contributed by atoms with van der Waals surface area (Å²) >= 11 is 0. The van der Waals surface area contributed by atoms with Gasteiger partial charge in [-0.25, -0.2) is 0 Å². The Bertz CT molecular complexity index is 84.1. The predicted octanol–water partition coefficient (Wildman–Crippen LogP) is 1.37. The second kappa shape index (κ2) is 3.95. The highest BCUT2D eigenvalue weighted by Crippen LogP contribution is 2.00. The van der Waals surface area contributed by atoms with Crippen LogP contribution >= 0.6 is 0 Å². The second-order valence-electron chi connectivity index (χ2n) is 1.35. The summed E-state index contributed by atoms with van der Waals surface area (Å²) in [4.78, 5) is 0. The van der Waals surface area contributed by atoms with Crippen LogP contribution in [0.2, 0.25) is 0 Å². The van der Waals surface area contributed by atoms with Crippen LogP contribution in [0.15, 0.2) is 0 Å². The summed E-state index contributed by atoms with van der Waals surface area (Å²) < 4.78 is 32.7. The minimum absolute atomic E-state index is 0.109. The summed E-state index contributed by atoms with van der Waals surface area (Å²) in [5, 5.41) is 0. The van der Waals surface area contributed by atoms with Gasteiger partial charge in [-0.1, -0.05) is 6.92 Å². The molecule has 8 heavy (non-hydrogen) atoms. The molecule has 0 heterocycles. The fourth-order valence-electron chi connectivity index (χ4n) is 0.290. The second-order valence-corrected chi connectivity index (χ2v) is 2.87. The van der Waals surface area contributed by atoms with E-state index in [1.165, 1.54) is 0 Å². The van der Waals surface area contributed by atoms with Gasteiger partial charge in [0.2, 0.25) is 0 Å². The molecule has 0 fully saturated rings.